The van der Waals surface area contributed by atoms with E-state index in [0.29, 0.717) is 13.2 Å². The standard InChI is InChI=1S/C22H27NO3/c1-2-16(24)9-7-8-14-23-22(25)26-15-21-19-12-5-3-10-17(19)18-11-4-6-13-20(18)21/h3-6,10-13,16,21,24H,2,7-9,14-15H2,1H3,(H,23,25). The van der Waals surface area contributed by atoms with Gasteiger partial charge in [-0.2, -0.15) is 0 Å². The van der Waals surface area contributed by atoms with Crippen molar-refractivity contribution in [3.05, 3.63) is 59.7 Å². The molecule has 4 nitrogen and oxygen atoms in total. The maximum Gasteiger partial charge on any atom is 0.407 e. The lowest BCUT2D eigenvalue weighted by molar-refractivity contribution is 0.142. The Morgan fingerprint density at radius 3 is 2.31 bits per heavy atom. The number of alkyl carbamates (subject to hydrolysis) is 1. The van der Waals surface area contributed by atoms with Crippen LogP contribution >= 0.6 is 0 Å². The Labute approximate surface area is 155 Å². The van der Waals surface area contributed by atoms with E-state index in [1.54, 1.807) is 0 Å². The number of nitrogens with one attached hydrogen (secondary N) is 1. The molecule has 0 bridgehead atoms. The van der Waals surface area contributed by atoms with E-state index >= 15 is 0 Å². The normalized spacial score (nSPS) is 13.8. The van der Waals surface area contributed by atoms with Crippen LogP contribution in [0.4, 0.5) is 4.79 Å². The largest absolute Gasteiger partial charge is 0.449 e. The van der Waals surface area contributed by atoms with Crippen LogP contribution in [-0.4, -0.2) is 30.5 Å². The molecule has 2 aromatic carbocycles. The number of hydrogen-bond acceptors (Lipinski definition) is 3. The van der Waals surface area contributed by atoms with Gasteiger partial charge in [-0.3, -0.25) is 0 Å². The number of hydrogen-bond donors (Lipinski definition) is 2. The van der Waals surface area contributed by atoms with Gasteiger partial charge < -0.3 is 15.2 Å². The molecular weight excluding hydrogens is 326 g/mol. The van der Waals surface area contributed by atoms with E-state index in [0.717, 1.165) is 25.7 Å². The molecule has 2 N–H and O–H groups in total. The fraction of sp³-hybridized carbons (Fsp3) is 0.409. The van der Waals surface area contributed by atoms with E-state index in [1.165, 1.54) is 22.3 Å². The summed E-state index contributed by atoms with van der Waals surface area (Å²) in [6.07, 6.45) is 2.70. The van der Waals surface area contributed by atoms with E-state index < -0.39 is 0 Å². The van der Waals surface area contributed by atoms with Gasteiger partial charge in [0.15, 0.2) is 0 Å². The first kappa shape index (κ1) is 18.5. The molecule has 1 amide bonds. The van der Waals surface area contributed by atoms with Gasteiger partial charge in [0, 0.05) is 12.5 Å². The SMILES string of the molecule is CCC(O)CCCCNC(=O)OCC1c2ccccc2-c2ccccc21. The third-order valence-corrected chi connectivity index (χ3v) is 5.05. The number of aliphatic hydroxyl groups is 1. The zero-order valence-electron chi connectivity index (χ0n) is 15.3. The molecule has 0 aliphatic heterocycles. The van der Waals surface area contributed by atoms with Crippen molar-refractivity contribution in [2.24, 2.45) is 0 Å². The van der Waals surface area contributed by atoms with Crippen LogP contribution in [0.15, 0.2) is 48.5 Å². The minimum Gasteiger partial charge on any atom is -0.449 e. The van der Waals surface area contributed by atoms with Gasteiger partial charge in [0.25, 0.3) is 0 Å². The highest BCUT2D eigenvalue weighted by molar-refractivity contribution is 5.79. The summed E-state index contributed by atoms with van der Waals surface area (Å²) in [6, 6.07) is 16.6. The molecule has 0 fully saturated rings. The van der Waals surface area contributed by atoms with E-state index in [1.807, 2.05) is 31.2 Å². The zero-order chi connectivity index (χ0) is 18.4. The fourth-order valence-electron chi connectivity index (χ4n) is 3.55. The number of ether oxygens (including phenoxy) is 1. The van der Waals surface area contributed by atoms with Crippen LogP contribution in [0, 0.1) is 0 Å². The topological polar surface area (TPSA) is 58.6 Å². The lowest BCUT2D eigenvalue weighted by Gasteiger charge is -2.14. The highest BCUT2D eigenvalue weighted by atomic mass is 16.5. The van der Waals surface area contributed by atoms with Gasteiger partial charge in [0.2, 0.25) is 0 Å². The zero-order valence-corrected chi connectivity index (χ0v) is 15.3. The minimum absolute atomic E-state index is 0.0906. The Bertz CT molecular complexity index is 698. The van der Waals surface area contributed by atoms with Crippen LogP contribution in [0.5, 0.6) is 0 Å². The van der Waals surface area contributed by atoms with Gasteiger partial charge in [-0.05, 0) is 47.9 Å². The third kappa shape index (κ3) is 4.25. The predicted octanol–water partition coefficient (Wildman–Crippen LogP) is 4.47. The predicted molar refractivity (Wildman–Crippen MR) is 103 cm³/mol. The number of unbranched alkanes of at least 4 members (excludes halogenated alkanes) is 1. The first-order valence-electron chi connectivity index (χ1n) is 9.47. The second-order valence-electron chi connectivity index (χ2n) is 6.81. The molecule has 0 aromatic heterocycles. The second kappa shape index (κ2) is 8.86. The van der Waals surface area contributed by atoms with Crippen molar-refractivity contribution in [1.82, 2.24) is 5.32 Å². The molecule has 138 valence electrons. The number of carbonyl (C=O) groups excluding carboxylic acids is 1. The number of rotatable bonds is 8. The van der Waals surface area contributed by atoms with E-state index in [-0.39, 0.29) is 18.1 Å². The van der Waals surface area contributed by atoms with Gasteiger partial charge >= 0.3 is 6.09 Å². The Hall–Kier alpha value is -2.33. The number of fused-ring (bicyclic) bond motifs is 3. The summed E-state index contributed by atoms with van der Waals surface area (Å²) in [4.78, 5) is 12.0. The molecule has 26 heavy (non-hydrogen) atoms. The van der Waals surface area contributed by atoms with Crippen molar-refractivity contribution >= 4 is 6.09 Å². The smallest absolute Gasteiger partial charge is 0.407 e. The molecule has 1 unspecified atom stereocenters. The van der Waals surface area contributed by atoms with E-state index in [9.17, 15) is 9.90 Å². The van der Waals surface area contributed by atoms with Crippen LogP contribution < -0.4 is 5.32 Å². The number of amides is 1. The molecule has 1 aliphatic carbocycles. The summed E-state index contributed by atoms with van der Waals surface area (Å²) in [6.45, 7) is 2.89. The van der Waals surface area contributed by atoms with Gasteiger partial charge in [-0.15, -0.1) is 0 Å². The highest BCUT2D eigenvalue weighted by Crippen LogP contribution is 2.44. The summed E-state index contributed by atoms with van der Waals surface area (Å²) in [7, 11) is 0. The van der Waals surface area contributed by atoms with Crippen LogP contribution in [0.25, 0.3) is 11.1 Å². The Balaban J connectivity index is 1.50. The Morgan fingerprint density at radius 1 is 1.08 bits per heavy atom. The van der Waals surface area contributed by atoms with Gasteiger partial charge in [0.1, 0.15) is 6.61 Å². The average Bonchev–Trinajstić information content (AvgIpc) is 3.00. The molecule has 2 aromatic rings. The number of benzene rings is 2. The van der Waals surface area contributed by atoms with Crippen LogP contribution in [0.1, 0.15) is 49.7 Å². The third-order valence-electron chi connectivity index (χ3n) is 5.05. The fourth-order valence-corrected chi connectivity index (χ4v) is 3.55. The summed E-state index contributed by atoms with van der Waals surface area (Å²) in [5, 5.41) is 12.3. The van der Waals surface area contributed by atoms with Crippen molar-refractivity contribution in [1.29, 1.82) is 0 Å². The maximum absolute atomic E-state index is 12.0. The Morgan fingerprint density at radius 2 is 1.69 bits per heavy atom. The molecule has 0 saturated carbocycles. The lowest BCUT2D eigenvalue weighted by Crippen LogP contribution is -2.27. The average molecular weight is 353 g/mol. The van der Waals surface area contributed by atoms with E-state index in [4.69, 9.17) is 4.74 Å². The molecule has 4 heteroatoms. The number of carbonyl (C=O) groups is 1. The quantitative estimate of drug-likeness (QED) is 0.689. The van der Waals surface area contributed by atoms with Crippen molar-refractivity contribution in [2.75, 3.05) is 13.2 Å². The van der Waals surface area contributed by atoms with Crippen LogP contribution in [-0.2, 0) is 4.74 Å². The second-order valence-corrected chi connectivity index (χ2v) is 6.81. The first-order valence-corrected chi connectivity index (χ1v) is 9.47. The van der Waals surface area contributed by atoms with Crippen molar-refractivity contribution in [3.8, 4) is 11.1 Å². The monoisotopic (exact) mass is 353 g/mol. The molecule has 1 atom stereocenters. The van der Waals surface area contributed by atoms with Crippen molar-refractivity contribution in [2.45, 2.75) is 44.6 Å². The molecular formula is C22H27NO3. The van der Waals surface area contributed by atoms with Gasteiger partial charge in [-0.1, -0.05) is 55.5 Å². The maximum atomic E-state index is 12.0. The molecule has 3 rings (SSSR count). The van der Waals surface area contributed by atoms with E-state index in [2.05, 4.69) is 29.6 Å². The first-order chi connectivity index (χ1) is 12.7. The van der Waals surface area contributed by atoms with Crippen molar-refractivity contribution < 1.29 is 14.6 Å². The molecule has 0 spiro atoms. The molecule has 1 aliphatic rings. The van der Waals surface area contributed by atoms with Crippen molar-refractivity contribution in [3.63, 3.8) is 0 Å². The molecule has 0 radical (unpaired) electrons. The summed E-state index contributed by atoms with van der Waals surface area (Å²) < 4.78 is 5.49. The molecule has 0 heterocycles. The minimum atomic E-state index is -0.372. The number of aliphatic hydroxyl groups excluding tert-OH is 1. The lowest BCUT2D eigenvalue weighted by atomic mass is 9.98. The van der Waals surface area contributed by atoms with Gasteiger partial charge in [0.05, 0.1) is 6.10 Å². The molecule has 0 saturated heterocycles. The highest BCUT2D eigenvalue weighted by Gasteiger charge is 2.28. The summed E-state index contributed by atoms with van der Waals surface area (Å²) in [5.41, 5.74) is 4.89. The van der Waals surface area contributed by atoms with Crippen LogP contribution in [0.3, 0.4) is 0 Å². The Kier molecular flexibility index (Phi) is 6.29. The summed E-state index contributed by atoms with van der Waals surface area (Å²) in [5.74, 6) is 0.0906. The van der Waals surface area contributed by atoms with Gasteiger partial charge in [-0.25, -0.2) is 4.79 Å². The summed E-state index contributed by atoms with van der Waals surface area (Å²) >= 11 is 0. The van der Waals surface area contributed by atoms with Crippen LogP contribution in [0.2, 0.25) is 0 Å².